The molecule has 0 saturated heterocycles. The molecule has 0 aromatic heterocycles. The zero-order chi connectivity index (χ0) is 13.5. The number of rotatable bonds is 6. The molecular formula is C14H20N2O2. The molecule has 1 aromatic carbocycles. The Morgan fingerprint density at radius 2 is 2.22 bits per heavy atom. The van der Waals surface area contributed by atoms with Crippen LogP contribution in [0.5, 0.6) is 0 Å². The van der Waals surface area contributed by atoms with E-state index in [9.17, 15) is 5.11 Å². The van der Waals surface area contributed by atoms with Gasteiger partial charge in [0.2, 0.25) is 0 Å². The molecule has 0 bridgehead atoms. The normalized spacial score (nSPS) is 11.9. The van der Waals surface area contributed by atoms with E-state index in [1.54, 1.807) is 20.1 Å². The second-order valence-corrected chi connectivity index (χ2v) is 4.13. The lowest BCUT2D eigenvalue weighted by Crippen LogP contribution is -2.28. The first-order chi connectivity index (χ1) is 8.63. The predicted octanol–water partition coefficient (Wildman–Crippen LogP) is 2.08. The molecule has 18 heavy (non-hydrogen) atoms. The Hall–Kier alpha value is -1.57. The van der Waals surface area contributed by atoms with Gasteiger partial charge >= 0.3 is 0 Å². The highest BCUT2D eigenvalue weighted by molar-refractivity contribution is 5.58. The molecule has 4 nitrogen and oxygen atoms in total. The first-order valence-electron chi connectivity index (χ1n) is 6.10. The minimum absolute atomic E-state index is 0.552. The van der Waals surface area contributed by atoms with Crippen LogP contribution in [0.15, 0.2) is 18.2 Å². The highest BCUT2D eigenvalue weighted by Crippen LogP contribution is 2.27. The fourth-order valence-corrected chi connectivity index (χ4v) is 1.89. The van der Waals surface area contributed by atoms with Crippen LogP contribution in [0, 0.1) is 11.3 Å². The van der Waals surface area contributed by atoms with Gasteiger partial charge in [-0.3, -0.25) is 0 Å². The van der Waals surface area contributed by atoms with Crippen molar-refractivity contribution in [1.29, 1.82) is 5.26 Å². The summed E-state index contributed by atoms with van der Waals surface area (Å²) < 4.78 is 5.08. The average molecular weight is 248 g/mol. The van der Waals surface area contributed by atoms with Crippen LogP contribution in [0.4, 0.5) is 5.69 Å². The van der Waals surface area contributed by atoms with Gasteiger partial charge in [-0.25, -0.2) is 0 Å². The highest BCUT2D eigenvalue weighted by atomic mass is 16.5. The smallest absolute Gasteiger partial charge is 0.0992 e. The number of nitriles is 1. The van der Waals surface area contributed by atoms with Crippen molar-refractivity contribution in [2.24, 2.45) is 0 Å². The summed E-state index contributed by atoms with van der Waals surface area (Å²) in [5, 5.41) is 18.8. The SMILES string of the molecule is CCN(CCOC)c1cc(C#N)ccc1[C@H](C)O. The van der Waals surface area contributed by atoms with Crippen LogP contribution in [0.3, 0.4) is 0 Å². The zero-order valence-corrected chi connectivity index (χ0v) is 11.2. The van der Waals surface area contributed by atoms with E-state index in [1.807, 2.05) is 19.1 Å². The molecule has 0 aliphatic carbocycles. The Bertz CT molecular complexity index is 424. The summed E-state index contributed by atoms with van der Waals surface area (Å²) in [6.45, 7) is 5.93. The maximum Gasteiger partial charge on any atom is 0.0992 e. The summed E-state index contributed by atoms with van der Waals surface area (Å²) in [5.41, 5.74) is 2.35. The van der Waals surface area contributed by atoms with Crippen LogP contribution in [0.25, 0.3) is 0 Å². The predicted molar refractivity (Wildman–Crippen MR) is 71.6 cm³/mol. The number of methoxy groups -OCH3 is 1. The van der Waals surface area contributed by atoms with Crippen molar-refractivity contribution in [2.45, 2.75) is 20.0 Å². The van der Waals surface area contributed by atoms with E-state index in [-0.39, 0.29) is 0 Å². The van der Waals surface area contributed by atoms with Gasteiger partial charge in [-0.15, -0.1) is 0 Å². The number of nitrogens with zero attached hydrogens (tertiary/aromatic N) is 2. The van der Waals surface area contributed by atoms with Crippen molar-refractivity contribution in [3.8, 4) is 6.07 Å². The average Bonchev–Trinajstić information content (AvgIpc) is 2.39. The fourth-order valence-electron chi connectivity index (χ4n) is 1.89. The molecule has 0 aliphatic heterocycles. The van der Waals surface area contributed by atoms with Gasteiger partial charge in [0, 0.05) is 31.5 Å². The summed E-state index contributed by atoms with van der Waals surface area (Å²) in [6, 6.07) is 7.50. The molecule has 0 heterocycles. The molecule has 0 unspecified atom stereocenters. The Morgan fingerprint density at radius 3 is 2.72 bits per heavy atom. The monoisotopic (exact) mass is 248 g/mol. The van der Waals surface area contributed by atoms with Crippen molar-refractivity contribution in [3.05, 3.63) is 29.3 Å². The van der Waals surface area contributed by atoms with Crippen LogP contribution in [0.1, 0.15) is 31.1 Å². The lowest BCUT2D eigenvalue weighted by atomic mass is 10.0. The van der Waals surface area contributed by atoms with Crippen molar-refractivity contribution in [1.82, 2.24) is 0 Å². The molecule has 0 amide bonds. The molecule has 98 valence electrons. The van der Waals surface area contributed by atoms with E-state index in [1.165, 1.54) is 0 Å². The maximum absolute atomic E-state index is 9.80. The van der Waals surface area contributed by atoms with E-state index in [2.05, 4.69) is 11.0 Å². The minimum Gasteiger partial charge on any atom is -0.389 e. The largest absolute Gasteiger partial charge is 0.389 e. The minimum atomic E-state index is -0.552. The lowest BCUT2D eigenvalue weighted by molar-refractivity contribution is 0.197. The number of hydrogen-bond donors (Lipinski definition) is 1. The first kappa shape index (κ1) is 14.5. The molecule has 0 radical (unpaired) electrons. The number of likely N-dealkylation sites (N-methyl/N-ethyl adjacent to an activating group) is 1. The quantitative estimate of drug-likeness (QED) is 0.837. The third-order valence-corrected chi connectivity index (χ3v) is 2.90. The van der Waals surface area contributed by atoms with Crippen LogP contribution >= 0.6 is 0 Å². The second kappa shape index (κ2) is 7.00. The van der Waals surface area contributed by atoms with Gasteiger partial charge in [-0.2, -0.15) is 5.26 Å². The summed E-state index contributed by atoms with van der Waals surface area (Å²) in [7, 11) is 1.66. The number of ether oxygens (including phenoxy) is 1. The molecule has 0 saturated carbocycles. The Morgan fingerprint density at radius 1 is 1.50 bits per heavy atom. The summed E-state index contributed by atoms with van der Waals surface area (Å²) in [4.78, 5) is 2.10. The summed E-state index contributed by atoms with van der Waals surface area (Å²) >= 11 is 0. The number of hydrogen-bond acceptors (Lipinski definition) is 4. The summed E-state index contributed by atoms with van der Waals surface area (Å²) in [5.74, 6) is 0. The number of aliphatic hydroxyl groups is 1. The Balaban J connectivity index is 3.12. The van der Waals surface area contributed by atoms with Gasteiger partial charge in [0.25, 0.3) is 0 Å². The standard InChI is InChI=1S/C14H20N2O2/c1-4-16(7-8-18-3)14-9-12(10-15)5-6-13(14)11(2)17/h5-6,9,11,17H,4,7-8H2,1-3H3/t11-/m0/s1. The van der Waals surface area contributed by atoms with Crippen molar-refractivity contribution in [2.75, 3.05) is 31.7 Å². The third-order valence-electron chi connectivity index (χ3n) is 2.90. The Labute approximate surface area is 108 Å². The van der Waals surface area contributed by atoms with Gasteiger partial charge in [0.1, 0.15) is 0 Å². The van der Waals surface area contributed by atoms with Crippen LogP contribution in [-0.4, -0.2) is 31.9 Å². The Kier molecular flexibility index (Phi) is 5.63. The van der Waals surface area contributed by atoms with Gasteiger partial charge in [-0.1, -0.05) is 6.07 Å². The molecule has 1 N–H and O–H groups in total. The topological polar surface area (TPSA) is 56.5 Å². The van der Waals surface area contributed by atoms with E-state index >= 15 is 0 Å². The first-order valence-corrected chi connectivity index (χ1v) is 6.10. The molecule has 4 heteroatoms. The zero-order valence-electron chi connectivity index (χ0n) is 11.2. The molecule has 0 fully saturated rings. The van der Waals surface area contributed by atoms with E-state index in [4.69, 9.17) is 10.00 Å². The number of aliphatic hydroxyl groups excluding tert-OH is 1. The van der Waals surface area contributed by atoms with Gasteiger partial charge in [-0.05, 0) is 26.0 Å². The van der Waals surface area contributed by atoms with Gasteiger partial charge in [0.15, 0.2) is 0 Å². The lowest BCUT2D eigenvalue weighted by Gasteiger charge is -2.26. The van der Waals surface area contributed by atoms with Crippen LogP contribution in [-0.2, 0) is 4.74 Å². The van der Waals surface area contributed by atoms with E-state index < -0.39 is 6.10 Å². The molecule has 1 atom stereocenters. The fraction of sp³-hybridized carbons (Fsp3) is 0.500. The van der Waals surface area contributed by atoms with Gasteiger partial charge in [0.05, 0.1) is 24.3 Å². The highest BCUT2D eigenvalue weighted by Gasteiger charge is 2.14. The number of anilines is 1. The van der Waals surface area contributed by atoms with Crippen molar-refractivity contribution in [3.63, 3.8) is 0 Å². The molecule has 0 aliphatic rings. The summed E-state index contributed by atoms with van der Waals surface area (Å²) in [6.07, 6.45) is -0.552. The second-order valence-electron chi connectivity index (χ2n) is 4.13. The van der Waals surface area contributed by atoms with Crippen LogP contribution in [0.2, 0.25) is 0 Å². The van der Waals surface area contributed by atoms with E-state index in [0.29, 0.717) is 12.2 Å². The number of benzene rings is 1. The maximum atomic E-state index is 9.80. The molecular weight excluding hydrogens is 228 g/mol. The van der Waals surface area contributed by atoms with Crippen molar-refractivity contribution < 1.29 is 9.84 Å². The van der Waals surface area contributed by atoms with Gasteiger partial charge < -0.3 is 14.7 Å². The molecule has 1 rings (SSSR count). The third kappa shape index (κ3) is 3.46. The van der Waals surface area contributed by atoms with Crippen LogP contribution < -0.4 is 4.90 Å². The van der Waals surface area contributed by atoms with Crippen molar-refractivity contribution >= 4 is 5.69 Å². The molecule has 0 spiro atoms. The molecule has 1 aromatic rings. The van der Waals surface area contributed by atoms with E-state index in [0.717, 1.165) is 24.3 Å².